The van der Waals surface area contributed by atoms with Gasteiger partial charge >= 0.3 is 5.97 Å². The number of halogens is 1. The number of hydrogen-bond donors (Lipinski definition) is 0. The molecule has 0 bridgehead atoms. The first kappa shape index (κ1) is 23.1. The van der Waals surface area contributed by atoms with Gasteiger partial charge in [0.25, 0.3) is 0 Å². The van der Waals surface area contributed by atoms with E-state index in [-0.39, 0.29) is 24.8 Å². The minimum atomic E-state index is -0.382. The van der Waals surface area contributed by atoms with Crippen molar-refractivity contribution in [3.05, 3.63) is 75.4 Å². The summed E-state index contributed by atoms with van der Waals surface area (Å²) in [7, 11) is 0. The molecule has 0 radical (unpaired) electrons. The number of thioether (sulfide) groups is 1. The fourth-order valence-electron chi connectivity index (χ4n) is 2.99. The van der Waals surface area contributed by atoms with Crippen molar-refractivity contribution in [1.82, 2.24) is 0 Å². The van der Waals surface area contributed by atoms with E-state index in [1.807, 2.05) is 36.0 Å². The summed E-state index contributed by atoms with van der Waals surface area (Å²) in [4.78, 5) is 26.3. The van der Waals surface area contributed by atoms with E-state index in [0.29, 0.717) is 26.8 Å². The van der Waals surface area contributed by atoms with Crippen LogP contribution in [0, 0.1) is 19.3 Å². The van der Waals surface area contributed by atoms with Crippen molar-refractivity contribution in [3.63, 3.8) is 0 Å². The average molecular weight is 471 g/mol. The summed E-state index contributed by atoms with van der Waals surface area (Å²) in [5.74, 6) is 2.54. The van der Waals surface area contributed by atoms with Gasteiger partial charge in [-0.25, -0.2) is 0 Å². The van der Waals surface area contributed by atoms with Crippen LogP contribution in [0.15, 0.2) is 53.0 Å². The minimum Gasteiger partial charge on any atom is -0.466 e. The van der Waals surface area contributed by atoms with Crippen molar-refractivity contribution in [1.29, 1.82) is 0 Å². The molecular formula is C24H21ClNO3S2+. The Morgan fingerprint density at radius 1 is 1.19 bits per heavy atom. The lowest BCUT2D eigenvalue weighted by molar-refractivity contribution is -0.598. The molecule has 2 heterocycles. The molecule has 0 fully saturated rings. The lowest BCUT2D eigenvalue weighted by atomic mass is 10.0. The number of carbonyl (C=O) groups is 2. The number of aromatic nitrogens is 1. The molecule has 2 aromatic heterocycles. The average Bonchev–Trinajstić information content (AvgIpc) is 3.11. The summed E-state index contributed by atoms with van der Waals surface area (Å²) in [5, 5.41) is 0.552. The van der Waals surface area contributed by atoms with E-state index in [1.165, 1.54) is 23.1 Å². The molecule has 31 heavy (non-hydrogen) atoms. The van der Waals surface area contributed by atoms with Crippen LogP contribution in [0.25, 0.3) is 5.69 Å². The van der Waals surface area contributed by atoms with Crippen molar-refractivity contribution in [2.75, 3.05) is 12.4 Å². The maximum absolute atomic E-state index is 13.4. The molecule has 0 atom stereocenters. The number of terminal acetylenes is 1. The molecular weight excluding hydrogens is 450 g/mol. The molecule has 0 spiro atoms. The van der Waals surface area contributed by atoms with Crippen molar-refractivity contribution in [3.8, 4) is 18.0 Å². The Morgan fingerprint density at radius 2 is 1.87 bits per heavy atom. The van der Waals surface area contributed by atoms with Crippen molar-refractivity contribution < 1.29 is 18.9 Å². The van der Waals surface area contributed by atoms with E-state index < -0.39 is 0 Å². The van der Waals surface area contributed by atoms with Crippen LogP contribution in [0.3, 0.4) is 0 Å². The summed E-state index contributed by atoms with van der Waals surface area (Å²) in [6.07, 6.45) is 9.32. The molecule has 0 aliphatic carbocycles. The summed E-state index contributed by atoms with van der Waals surface area (Å²) in [6, 6.07) is 10.7. The third-order valence-corrected chi connectivity index (χ3v) is 7.06. The number of benzene rings is 1. The van der Waals surface area contributed by atoms with E-state index in [4.69, 9.17) is 22.8 Å². The third-order valence-electron chi connectivity index (χ3n) is 4.43. The van der Waals surface area contributed by atoms with Gasteiger partial charge in [-0.05, 0) is 43.7 Å². The first-order valence-electron chi connectivity index (χ1n) is 9.60. The van der Waals surface area contributed by atoms with Crippen LogP contribution in [-0.4, -0.2) is 24.1 Å². The van der Waals surface area contributed by atoms with Gasteiger partial charge in [0.1, 0.15) is 4.21 Å². The van der Waals surface area contributed by atoms with Gasteiger partial charge < -0.3 is 4.74 Å². The molecule has 0 unspecified atom stereocenters. The maximum atomic E-state index is 13.4. The molecule has 0 aliphatic heterocycles. The number of ether oxygens (including phenoxy) is 1. The topological polar surface area (TPSA) is 47.3 Å². The second-order valence-electron chi connectivity index (χ2n) is 6.64. The van der Waals surface area contributed by atoms with E-state index in [9.17, 15) is 9.59 Å². The maximum Gasteiger partial charge on any atom is 0.310 e. The second kappa shape index (κ2) is 10.6. The number of ketones is 1. The first-order chi connectivity index (χ1) is 14.9. The van der Waals surface area contributed by atoms with Gasteiger partial charge in [-0.3, -0.25) is 9.59 Å². The van der Waals surface area contributed by atoms with Crippen molar-refractivity contribution in [2.45, 2.75) is 24.5 Å². The van der Waals surface area contributed by atoms with Crippen LogP contribution in [-0.2, 0) is 16.0 Å². The number of thiophene rings is 1. The number of aryl methyl sites for hydroxylation is 1. The predicted octanol–water partition coefficient (Wildman–Crippen LogP) is 5.05. The fraction of sp³-hybridized carbons (Fsp3) is 0.208. The summed E-state index contributed by atoms with van der Waals surface area (Å²) < 4.78 is 8.00. The van der Waals surface area contributed by atoms with Crippen LogP contribution in [0.5, 0.6) is 0 Å². The van der Waals surface area contributed by atoms with Gasteiger partial charge in [0.05, 0.1) is 29.2 Å². The summed E-state index contributed by atoms with van der Waals surface area (Å²) >= 11 is 8.80. The number of esters is 1. The molecule has 4 nitrogen and oxygen atoms in total. The second-order valence-corrected chi connectivity index (χ2v) is 9.34. The van der Waals surface area contributed by atoms with E-state index in [1.54, 1.807) is 31.2 Å². The molecule has 0 saturated carbocycles. The van der Waals surface area contributed by atoms with Crippen LogP contribution >= 0.6 is 34.7 Å². The Bertz CT molecular complexity index is 1130. The largest absolute Gasteiger partial charge is 0.466 e. The van der Waals surface area contributed by atoms with Gasteiger partial charge in [-0.1, -0.05) is 29.3 Å². The minimum absolute atomic E-state index is 0.00811. The zero-order chi connectivity index (χ0) is 22.4. The number of rotatable bonds is 8. The molecule has 3 aromatic rings. The predicted molar refractivity (Wildman–Crippen MR) is 125 cm³/mol. The van der Waals surface area contributed by atoms with Gasteiger partial charge in [0.15, 0.2) is 12.4 Å². The van der Waals surface area contributed by atoms with Crippen LogP contribution in [0.1, 0.15) is 33.3 Å². The van der Waals surface area contributed by atoms with Crippen molar-refractivity contribution >= 4 is 46.5 Å². The van der Waals surface area contributed by atoms with E-state index in [2.05, 4.69) is 5.92 Å². The Balaban J connectivity index is 2.19. The van der Waals surface area contributed by atoms with Gasteiger partial charge in [0, 0.05) is 22.7 Å². The van der Waals surface area contributed by atoms with E-state index in [0.717, 1.165) is 15.5 Å². The highest BCUT2D eigenvalue weighted by Crippen LogP contribution is 2.38. The molecule has 0 amide bonds. The highest BCUT2D eigenvalue weighted by molar-refractivity contribution is 8.01. The van der Waals surface area contributed by atoms with Crippen LogP contribution in [0.2, 0.25) is 5.02 Å². The number of carbonyl (C=O) groups excluding carboxylic acids is 2. The lowest BCUT2D eigenvalue weighted by Crippen LogP contribution is -2.31. The quantitative estimate of drug-likeness (QED) is 0.152. The smallest absolute Gasteiger partial charge is 0.310 e. The molecule has 7 heteroatoms. The highest BCUT2D eigenvalue weighted by atomic mass is 35.5. The molecule has 3 rings (SSSR count). The molecule has 0 saturated heterocycles. The zero-order valence-electron chi connectivity index (χ0n) is 17.2. The number of nitrogens with zero attached hydrogens (tertiary/aromatic N) is 1. The first-order valence-corrected chi connectivity index (χ1v) is 11.8. The number of hydrogen-bond acceptors (Lipinski definition) is 5. The molecule has 1 aromatic carbocycles. The Hall–Kier alpha value is -2.59. The molecule has 0 aliphatic rings. The third kappa shape index (κ3) is 5.56. The van der Waals surface area contributed by atoms with Crippen LogP contribution in [0.4, 0.5) is 0 Å². The molecule has 158 valence electrons. The normalized spacial score (nSPS) is 10.5. The van der Waals surface area contributed by atoms with E-state index >= 15 is 0 Å². The Labute approximate surface area is 195 Å². The van der Waals surface area contributed by atoms with Gasteiger partial charge in [-0.2, -0.15) is 4.57 Å². The van der Waals surface area contributed by atoms with Gasteiger partial charge in [-0.15, -0.1) is 17.8 Å². The fourth-order valence-corrected chi connectivity index (χ4v) is 5.37. The van der Waals surface area contributed by atoms with Crippen molar-refractivity contribution in [2.24, 2.45) is 0 Å². The lowest BCUT2D eigenvalue weighted by Gasteiger charge is -2.06. The molecule has 0 N–H and O–H groups in total. The Morgan fingerprint density at radius 3 is 2.48 bits per heavy atom. The number of pyridine rings is 1. The van der Waals surface area contributed by atoms with Gasteiger partial charge in [0.2, 0.25) is 11.5 Å². The standard InChI is InChI=1S/C24H21ClNO3S2/c1-4-14-30-24-21(26-12-10-16(3)11-13-26)19(15-20(27)29-5-2)23(31-24)22(28)17-6-8-18(25)9-7-17/h1,6-13H,5,14-15H2,2-3H3/q+1. The Kier molecular flexibility index (Phi) is 7.91. The summed E-state index contributed by atoms with van der Waals surface area (Å²) in [5.41, 5.74) is 3.03. The monoisotopic (exact) mass is 470 g/mol. The van der Waals surface area contributed by atoms with Crippen LogP contribution < -0.4 is 4.57 Å². The zero-order valence-corrected chi connectivity index (χ0v) is 19.6. The summed E-state index contributed by atoms with van der Waals surface area (Å²) in [6.45, 7) is 4.03. The SMILES string of the molecule is C#CCSc1sc(C(=O)c2ccc(Cl)cc2)c(CC(=O)OCC)c1-[n+]1ccc(C)cc1. The highest BCUT2D eigenvalue weighted by Gasteiger charge is 2.31.